The van der Waals surface area contributed by atoms with E-state index >= 15 is 0 Å². The third kappa shape index (κ3) is 73.8. The van der Waals surface area contributed by atoms with Gasteiger partial charge in [-0.05, 0) is 96.0 Å². The van der Waals surface area contributed by atoms with Gasteiger partial charge in [-0.1, -0.05) is 358 Å². The molecule has 0 aliphatic heterocycles. The number of carbonyl (C=O) groups is 2. The van der Waals surface area contributed by atoms with Crippen LogP contribution < -0.4 is 10.2 Å². The first-order valence-corrected chi connectivity index (χ1v) is 42.1. The number of hydrogen-bond acceptors (Lipinski definition) is 7. The van der Waals surface area contributed by atoms with Crippen LogP contribution in [0.15, 0.2) is 60.8 Å². The van der Waals surface area contributed by atoms with Gasteiger partial charge in [0.25, 0.3) is 7.82 Å². The second kappa shape index (κ2) is 72.5. The Hall–Kier alpha value is -2.29. The van der Waals surface area contributed by atoms with Gasteiger partial charge in [0, 0.05) is 12.8 Å². The lowest BCUT2D eigenvalue weighted by molar-refractivity contribution is -0.870. The molecule has 0 fully saturated rings. The zero-order valence-corrected chi connectivity index (χ0v) is 63.6. The van der Waals surface area contributed by atoms with E-state index in [1.807, 2.05) is 33.3 Å². The summed E-state index contributed by atoms with van der Waals surface area (Å²) in [7, 11) is 1.20. The van der Waals surface area contributed by atoms with Crippen LogP contribution in [0.3, 0.4) is 0 Å². The summed E-state index contributed by atoms with van der Waals surface area (Å²) < 4.78 is 30.6. The number of esters is 1. The molecule has 0 aromatic heterocycles. The molecule has 1 N–H and O–H groups in total. The third-order valence-corrected chi connectivity index (χ3v) is 19.4. The van der Waals surface area contributed by atoms with Gasteiger partial charge in [-0.2, -0.15) is 0 Å². The third-order valence-electron chi connectivity index (χ3n) is 18.4. The molecule has 0 heterocycles. The van der Waals surface area contributed by atoms with Crippen LogP contribution in [0, 0.1) is 0 Å². The largest absolute Gasteiger partial charge is 0.756 e. The summed E-state index contributed by atoms with van der Waals surface area (Å²) >= 11 is 0. The number of quaternary nitrogens is 1. The summed E-state index contributed by atoms with van der Waals surface area (Å²) in [5, 5.41) is 3.06. The highest BCUT2D eigenvalue weighted by molar-refractivity contribution is 7.45. The van der Waals surface area contributed by atoms with Crippen LogP contribution >= 0.6 is 7.82 Å². The van der Waals surface area contributed by atoms with Gasteiger partial charge in [0.1, 0.15) is 19.3 Å². The predicted molar refractivity (Wildman–Crippen MR) is 404 cm³/mol. The van der Waals surface area contributed by atoms with Crippen molar-refractivity contribution < 1.29 is 37.3 Å². The molecular weight excluding hydrogens is 1170 g/mol. The summed E-state index contributed by atoms with van der Waals surface area (Å²) in [6, 6.07) is -0.889. The number of likely N-dealkylation sites (N-methyl/N-ethyl adjacent to an activating group) is 1. The second-order valence-corrected chi connectivity index (χ2v) is 30.3. The van der Waals surface area contributed by atoms with Gasteiger partial charge in [-0.15, -0.1) is 0 Å². The SMILES string of the molecule is CCCCC/C=C\C/C=C\CCCCCCCCCCCCCCCCCCCC(=O)NC(COP(=O)([O-])OCC[N+](C)(C)C)C(/C=C/CCCCCCCCCCCCC)OC(=O)CCCCCCCCCCCCCCCCCCC/C=C\C/C=C\CCCCC. The van der Waals surface area contributed by atoms with Gasteiger partial charge in [0.15, 0.2) is 0 Å². The van der Waals surface area contributed by atoms with E-state index in [-0.39, 0.29) is 31.5 Å². The Labute approximate surface area is 579 Å². The number of nitrogens with one attached hydrogen (secondary N) is 1. The average molecular weight is 1330 g/mol. The molecule has 0 radical (unpaired) electrons. The number of allylic oxidation sites excluding steroid dienone is 9. The smallest absolute Gasteiger partial charge is 0.306 e. The number of phosphoric ester groups is 1. The molecular formula is C83H157N2O7P. The van der Waals surface area contributed by atoms with Crippen molar-refractivity contribution >= 4 is 19.7 Å². The molecule has 1 amide bonds. The fraction of sp³-hybridized carbons (Fsp3) is 0.855. The van der Waals surface area contributed by atoms with Crippen LogP contribution in [0.25, 0.3) is 0 Å². The molecule has 0 aliphatic rings. The highest BCUT2D eigenvalue weighted by atomic mass is 31.2. The number of ether oxygens (including phenoxy) is 1. The minimum absolute atomic E-state index is 0.0203. The summed E-state index contributed by atoms with van der Waals surface area (Å²) in [6.07, 6.45) is 95.1. The summed E-state index contributed by atoms with van der Waals surface area (Å²) in [4.78, 5) is 40.4. The normalized spacial score (nSPS) is 13.7. The average Bonchev–Trinajstić information content (AvgIpc) is 2.31. The van der Waals surface area contributed by atoms with Crippen molar-refractivity contribution in [3.63, 3.8) is 0 Å². The monoisotopic (exact) mass is 1330 g/mol. The number of nitrogens with zero attached hydrogens (tertiary/aromatic N) is 1. The lowest BCUT2D eigenvalue weighted by Gasteiger charge is -2.30. The molecule has 0 bridgehead atoms. The van der Waals surface area contributed by atoms with Crippen LogP contribution in [0.2, 0.25) is 0 Å². The lowest BCUT2D eigenvalue weighted by atomic mass is 10.0. The topological polar surface area (TPSA) is 114 Å². The van der Waals surface area contributed by atoms with Gasteiger partial charge in [-0.25, -0.2) is 0 Å². The number of carbonyl (C=O) groups excluding carboxylic acids is 2. The van der Waals surface area contributed by atoms with Crippen molar-refractivity contribution in [3.8, 4) is 0 Å². The number of unbranched alkanes of at least 4 members (excludes halogenated alkanes) is 51. The van der Waals surface area contributed by atoms with Crippen LogP contribution in [-0.2, 0) is 27.9 Å². The fourth-order valence-electron chi connectivity index (χ4n) is 12.2. The molecule has 0 aromatic carbocycles. The number of amides is 1. The van der Waals surface area contributed by atoms with Crippen molar-refractivity contribution in [2.24, 2.45) is 0 Å². The Morgan fingerprint density at radius 2 is 0.656 bits per heavy atom. The van der Waals surface area contributed by atoms with Crippen LogP contribution in [-0.4, -0.2) is 69.4 Å². The summed E-state index contributed by atoms with van der Waals surface area (Å²) in [6.45, 7) is 6.87. The maximum absolute atomic E-state index is 13.7. The van der Waals surface area contributed by atoms with Crippen LogP contribution in [0.4, 0.5) is 0 Å². The standard InChI is InChI=1S/C83H157N2O7P/c1-7-10-13-16-19-22-25-28-30-32-34-36-38-40-42-44-46-48-50-52-54-57-60-63-66-69-72-75-82(86)84-80(79-91-93(88,89)90-78-77-85(4,5)6)81(74-71-68-65-62-59-56-27-24-21-18-15-12-9-3)92-83(87)76-73-70-67-64-61-58-55-53-51-49-47-45-43-41-39-37-35-33-31-29-26-23-20-17-14-11-8-2/h19-20,22-23,28-31,71,74,80-81H,7-18,21,24-27,32-70,72-73,75-79H2,1-6H3,(H-,84,86,88,89)/b22-19-,23-20-,30-28-,31-29-,74-71+. The van der Waals surface area contributed by atoms with E-state index in [4.69, 9.17) is 13.8 Å². The minimum Gasteiger partial charge on any atom is -0.756 e. The van der Waals surface area contributed by atoms with Gasteiger partial charge in [0.05, 0.1) is 33.8 Å². The van der Waals surface area contributed by atoms with E-state index in [0.717, 1.165) is 70.6 Å². The predicted octanol–water partition coefficient (Wildman–Crippen LogP) is 25.8. The maximum atomic E-state index is 13.7. The van der Waals surface area contributed by atoms with E-state index in [1.54, 1.807) is 0 Å². The molecule has 0 aromatic rings. The Morgan fingerprint density at radius 1 is 0.376 bits per heavy atom. The molecule has 3 unspecified atom stereocenters. The molecule has 9 nitrogen and oxygen atoms in total. The first-order valence-electron chi connectivity index (χ1n) is 40.6. The molecule has 0 saturated heterocycles. The molecule has 0 spiro atoms. The molecule has 546 valence electrons. The van der Waals surface area contributed by atoms with E-state index < -0.39 is 20.0 Å². The molecule has 3 atom stereocenters. The van der Waals surface area contributed by atoms with Gasteiger partial charge < -0.3 is 28.5 Å². The van der Waals surface area contributed by atoms with Crippen molar-refractivity contribution in [2.45, 2.75) is 418 Å². The lowest BCUT2D eigenvalue weighted by Crippen LogP contribution is -2.47. The van der Waals surface area contributed by atoms with E-state index in [0.29, 0.717) is 17.4 Å². The molecule has 93 heavy (non-hydrogen) atoms. The van der Waals surface area contributed by atoms with Crippen LogP contribution in [0.1, 0.15) is 406 Å². The first-order chi connectivity index (χ1) is 45.4. The van der Waals surface area contributed by atoms with Crippen molar-refractivity contribution in [1.82, 2.24) is 5.32 Å². The Morgan fingerprint density at radius 3 is 0.989 bits per heavy atom. The maximum Gasteiger partial charge on any atom is 0.306 e. The van der Waals surface area contributed by atoms with E-state index in [9.17, 15) is 19.0 Å². The molecule has 0 rings (SSSR count). The number of hydrogen-bond donors (Lipinski definition) is 1. The Kier molecular flexibility index (Phi) is 70.7. The van der Waals surface area contributed by atoms with Crippen molar-refractivity contribution in [3.05, 3.63) is 60.8 Å². The highest BCUT2D eigenvalue weighted by Crippen LogP contribution is 2.38. The Bertz CT molecular complexity index is 1770. The van der Waals surface area contributed by atoms with E-state index in [2.05, 4.69) is 74.7 Å². The quantitative estimate of drug-likeness (QED) is 0.0212. The van der Waals surface area contributed by atoms with E-state index in [1.165, 1.54) is 302 Å². The van der Waals surface area contributed by atoms with Gasteiger partial charge >= 0.3 is 5.97 Å². The first kappa shape index (κ1) is 90.7. The summed E-state index contributed by atoms with van der Waals surface area (Å²) in [5.41, 5.74) is 0. The molecule has 10 heteroatoms. The zero-order chi connectivity index (χ0) is 67.8. The second-order valence-electron chi connectivity index (χ2n) is 28.9. The van der Waals surface area contributed by atoms with Crippen molar-refractivity contribution in [2.75, 3.05) is 40.9 Å². The molecule has 0 saturated carbocycles. The van der Waals surface area contributed by atoms with Crippen molar-refractivity contribution in [1.29, 1.82) is 0 Å². The Balaban J connectivity index is 4.91. The minimum atomic E-state index is -4.71. The fourth-order valence-corrected chi connectivity index (χ4v) is 12.9. The number of rotatable bonds is 75. The molecule has 0 aliphatic carbocycles. The van der Waals surface area contributed by atoms with Gasteiger partial charge in [-0.3, -0.25) is 14.2 Å². The number of phosphoric acid groups is 1. The van der Waals surface area contributed by atoms with Gasteiger partial charge in [0.2, 0.25) is 5.91 Å². The zero-order valence-electron chi connectivity index (χ0n) is 62.7. The summed E-state index contributed by atoms with van der Waals surface area (Å²) in [5.74, 6) is -0.519. The van der Waals surface area contributed by atoms with Crippen LogP contribution in [0.5, 0.6) is 0 Å². The highest BCUT2D eigenvalue weighted by Gasteiger charge is 2.27.